The first-order valence-electron chi connectivity index (χ1n) is 9.72. The lowest BCUT2D eigenvalue weighted by molar-refractivity contribution is -0.134. The third-order valence-corrected chi connectivity index (χ3v) is 6.43. The minimum atomic E-state index is -0.468. The molecule has 5 rings (SSSR count). The zero-order valence-electron chi connectivity index (χ0n) is 15.3. The number of hydrogen-bond donors (Lipinski definition) is 1. The number of methoxy groups -OCH3 is 1. The van der Waals surface area contributed by atoms with Crippen LogP contribution in [0.4, 0.5) is 0 Å². The molecule has 0 unspecified atom stereocenters. The average molecular weight is 343 g/mol. The van der Waals surface area contributed by atoms with Crippen LogP contribution in [-0.4, -0.2) is 24.7 Å². The van der Waals surface area contributed by atoms with Crippen molar-refractivity contribution < 1.29 is 14.3 Å². The van der Waals surface area contributed by atoms with E-state index in [-0.39, 0.29) is 11.4 Å². The van der Waals surface area contributed by atoms with E-state index in [0.29, 0.717) is 17.9 Å². The van der Waals surface area contributed by atoms with Gasteiger partial charge >= 0.3 is 0 Å². The van der Waals surface area contributed by atoms with Crippen molar-refractivity contribution in [3.05, 3.63) is 24.3 Å². The van der Waals surface area contributed by atoms with E-state index in [9.17, 15) is 4.79 Å². The van der Waals surface area contributed by atoms with Gasteiger partial charge in [0.1, 0.15) is 0 Å². The Hall–Kier alpha value is -1.71. The summed E-state index contributed by atoms with van der Waals surface area (Å²) in [5.41, 5.74) is 0.0311. The molecular formula is C21H29NO3. The molecule has 25 heavy (non-hydrogen) atoms. The Kier molecular flexibility index (Phi) is 4.38. The van der Waals surface area contributed by atoms with Crippen LogP contribution < -0.4 is 14.8 Å². The predicted molar refractivity (Wildman–Crippen MR) is 96.7 cm³/mol. The second kappa shape index (κ2) is 6.54. The van der Waals surface area contributed by atoms with Crippen molar-refractivity contribution >= 4 is 5.91 Å². The smallest absolute Gasteiger partial charge is 0.261 e. The molecule has 1 aromatic carbocycles. The predicted octanol–water partition coefficient (Wildman–Crippen LogP) is 3.94. The third-order valence-electron chi connectivity index (χ3n) is 6.43. The average Bonchev–Trinajstić information content (AvgIpc) is 2.58. The van der Waals surface area contributed by atoms with Crippen LogP contribution >= 0.6 is 0 Å². The molecule has 0 radical (unpaired) electrons. The fourth-order valence-corrected chi connectivity index (χ4v) is 5.80. The van der Waals surface area contributed by atoms with Gasteiger partial charge in [-0.2, -0.15) is 0 Å². The van der Waals surface area contributed by atoms with Crippen LogP contribution in [0, 0.1) is 17.8 Å². The maximum Gasteiger partial charge on any atom is 0.261 e. The highest BCUT2D eigenvalue weighted by Gasteiger charge is 2.51. The molecule has 0 spiro atoms. The van der Waals surface area contributed by atoms with Gasteiger partial charge in [0, 0.05) is 5.54 Å². The Morgan fingerprint density at radius 2 is 1.68 bits per heavy atom. The van der Waals surface area contributed by atoms with Crippen molar-refractivity contribution in [2.75, 3.05) is 7.11 Å². The van der Waals surface area contributed by atoms with E-state index < -0.39 is 6.10 Å². The molecule has 4 bridgehead atoms. The van der Waals surface area contributed by atoms with Crippen LogP contribution in [0.1, 0.15) is 51.9 Å². The lowest BCUT2D eigenvalue weighted by Gasteiger charge is -2.57. The van der Waals surface area contributed by atoms with Crippen LogP contribution in [0.25, 0.3) is 0 Å². The number of hydrogen-bond acceptors (Lipinski definition) is 3. The molecule has 4 fully saturated rings. The van der Waals surface area contributed by atoms with Gasteiger partial charge in [-0.25, -0.2) is 0 Å². The molecule has 4 aliphatic rings. The molecule has 0 saturated heterocycles. The first-order valence-corrected chi connectivity index (χ1v) is 9.72. The summed E-state index contributed by atoms with van der Waals surface area (Å²) in [6.45, 7) is 2.00. The third kappa shape index (κ3) is 3.23. The summed E-state index contributed by atoms with van der Waals surface area (Å²) in [5, 5.41) is 3.43. The Balaban J connectivity index is 1.46. The Bertz CT molecular complexity index is 606. The maximum absolute atomic E-state index is 13.0. The summed E-state index contributed by atoms with van der Waals surface area (Å²) in [6, 6.07) is 7.53. The van der Waals surface area contributed by atoms with E-state index in [1.807, 2.05) is 31.2 Å². The molecule has 0 aliphatic heterocycles. The number of amides is 1. The van der Waals surface area contributed by atoms with Gasteiger partial charge in [0.05, 0.1) is 7.11 Å². The SMILES string of the molecule is CC[C@H](Oc1ccccc1OC)C(=O)NC12CC3CC(CC(C3)C1)C2. The molecular weight excluding hydrogens is 314 g/mol. The summed E-state index contributed by atoms with van der Waals surface area (Å²) in [6.07, 6.45) is 7.81. The van der Waals surface area contributed by atoms with Gasteiger partial charge in [-0.15, -0.1) is 0 Å². The molecule has 4 heteroatoms. The molecule has 4 nitrogen and oxygen atoms in total. The Morgan fingerprint density at radius 3 is 2.20 bits per heavy atom. The van der Waals surface area contributed by atoms with Crippen LogP contribution in [0.15, 0.2) is 24.3 Å². The number of nitrogens with one attached hydrogen (secondary N) is 1. The first-order chi connectivity index (χ1) is 12.1. The number of para-hydroxylation sites is 2. The number of carbonyl (C=O) groups is 1. The normalized spacial score (nSPS) is 33.8. The van der Waals surface area contributed by atoms with Crippen LogP contribution in [0.5, 0.6) is 11.5 Å². The van der Waals surface area contributed by atoms with Crippen LogP contribution in [-0.2, 0) is 4.79 Å². The lowest BCUT2D eigenvalue weighted by atomic mass is 9.53. The molecule has 1 N–H and O–H groups in total. The number of rotatable bonds is 6. The highest BCUT2D eigenvalue weighted by Crippen LogP contribution is 2.55. The summed E-state index contributed by atoms with van der Waals surface area (Å²) in [4.78, 5) is 13.0. The maximum atomic E-state index is 13.0. The molecule has 1 aromatic rings. The fraction of sp³-hybridized carbons (Fsp3) is 0.667. The van der Waals surface area contributed by atoms with Crippen LogP contribution in [0.2, 0.25) is 0 Å². The molecule has 136 valence electrons. The van der Waals surface area contributed by atoms with Crippen molar-refractivity contribution in [3.63, 3.8) is 0 Å². The standard InChI is InChI=1S/C21H29NO3/c1-3-17(25-19-7-5-4-6-18(19)24-2)20(23)22-21-11-14-8-15(12-21)10-16(9-14)13-21/h4-7,14-17H,3,8-13H2,1-2H3,(H,22,23)/t14?,15?,16?,17-,21?/m0/s1. The summed E-state index contributed by atoms with van der Waals surface area (Å²) >= 11 is 0. The fourth-order valence-electron chi connectivity index (χ4n) is 5.80. The van der Waals surface area contributed by atoms with E-state index >= 15 is 0 Å². The van der Waals surface area contributed by atoms with Gasteiger partial charge in [0.2, 0.25) is 0 Å². The highest BCUT2D eigenvalue weighted by molar-refractivity contribution is 5.82. The minimum Gasteiger partial charge on any atom is -0.493 e. The summed E-state index contributed by atoms with van der Waals surface area (Å²) in [5.74, 6) is 3.81. The molecule has 1 amide bonds. The second-order valence-electron chi connectivity index (χ2n) is 8.35. The molecule has 4 saturated carbocycles. The molecule has 0 heterocycles. The van der Waals surface area contributed by atoms with Crippen molar-refractivity contribution in [1.29, 1.82) is 0 Å². The first kappa shape index (κ1) is 16.7. The van der Waals surface area contributed by atoms with E-state index in [1.54, 1.807) is 7.11 Å². The van der Waals surface area contributed by atoms with Crippen molar-refractivity contribution in [2.24, 2.45) is 17.8 Å². The van der Waals surface area contributed by atoms with Gasteiger partial charge in [-0.05, 0) is 74.8 Å². The zero-order chi connectivity index (χ0) is 17.4. The van der Waals surface area contributed by atoms with E-state index in [2.05, 4.69) is 5.32 Å². The van der Waals surface area contributed by atoms with Gasteiger partial charge in [0.15, 0.2) is 17.6 Å². The van der Waals surface area contributed by atoms with Gasteiger partial charge in [-0.1, -0.05) is 19.1 Å². The van der Waals surface area contributed by atoms with E-state index in [4.69, 9.17) is 9.47 Å². The number of ether oxygens (including phenoxy) is 2. The lowest BCUT2D eigenvalue weighted by Crippen LogP contribution is -2.61. The van der Waals surface area contributed by atoms with Gasteiger partial charge in [0.25, 0.3) is 5.91 Å². The van der Waals surface area contributed by atoms with Gasteiger partial charge in [-0.3, -0.25) is 4.79 Å². The van der Waals surface area contributed by atoms with E-state index in [1.165, 1.54) is 19.3 Å². The monoisotopic (exact) mass is 343 g/mol. The highest BCUT2D eigenvalue weighted by atomic mass is 16.5. The number of benzene rings is 1. The Morgan fingerprint density at radius 1 is 1.12 bits per heavy atom. The van der Waals surface area contributed by atoms with Crippen molar-refractivity contribution in [3.8, 4) is 11.5 Å². The Labute approximate surface area is 150 Å². The quantitative estimate of drug-likeness (QED) is 0.851. The topological polar surface area (TPSA) is 47.6 Å². The van der Waals surface area contributed by atoms with Crippen LogP contribution in [0.3, 0.4) is 0 Å². The van der Waals surface area contributed by atoms with Gasteiger partial charge < -0.3 is 14.8 Å². The van der Waals surface area contributed by atoms with E-state index in [0.717, 1.165) is 37.0 Å². The second-order valence-corrected chi connectivity index (χ2v) is 8.35. The van der Waals surface area contributed by atoms with Crippen molar-refractivity contribution in [1.82, 2.24) is 5.32 Å². The molecule has 1 atom stereocenters. The minimum absolute atomic E-state index is 0.0311. The van der Waals surface area contributed by atoms with Crippen molar-refractivity contribution in [2.45, 2.75) is 63.5 Å². The summed E-state index contributed by atoms with van der Waals surface area (Å²) in [7, 11) is 1.62. The largest absolute Gasteiger partial charge is 0.493 e. The zero-order valence-corrected chi connectivity index (χ0v) is 15.3. The molecule has 0 aromatic heterocycles. The summed E-state index contributed by atoms with van der Waals surface area (Å²) < 4.78 is 11.4. The number of carbonyl (C=O) groups excluding carboxylic acids is 1. The molecule has 4 aliphatic carbocycles.